The fourth-order valence-electron chi connectivity index (χ4n) is 4.75. The minimum atomic E-state index is -1.05. The molecule has 0 unspecified atom stereocenters. The fourth-order valence-corrected chi connectivity index (χ4v) is 6.57. The summed E-state index contributed by atoms with van der Waals surface area (Å²) in [6, 6.07) is 16.8. The molecule has 4 aromatic rings. The van der Waals surface area contributed by atoms with Crippen LogP contribution in [0.5, 0.6) is 17.2 Å². The first-order chi connectivity index (χ1) is 22.3. The number of anilines is 1. The van der Waals surface area contributed by atoms with Crippen LogP contribution in [0.3, 0.4) is 0 Å². The molecule has 3 aromatic carbocycles. The number of hydrogen-bond donors (Lipinski definition) is 1. The summed E-state index contributed by atoms with van der Waals surface area (Å²) in [4.78, 5) is 28.6. The topological polar surface area (TPSA) is 111 Å². The number of nitrogens with zero attached hydrogens (tertiary/aromatic N) is 3. The quantitative estimate of drug-likeness (QED) is 0.0282. The predicted molar refractivity (Wildman–Crippen MR) is 176 cm³/mol. The van der Waals surface area contributed by atoms with Crippen LogP contribution >= 0.6 is 23.1 Å². The summed E-state index contributed by atoms with van der Waals surface area (Å²) in [7, 11) is 1.48. The lowest BCUT2D eigenvalue weighted by Crippen LogP contribution is -2.29. The van der Waals surface area contributed by atoms with Crippen LogP contribution in [0.4, 0.5) is 9.52 Å². The van der Waals surface area contributed by atoms with E-state index < -0.39 is 17.7 Å². The highest BCUT2D eigenvalue weighted by molar-refractivity contribution is 8.00. The molecule has 0 bridgehead atoms. The van der Waals surface area contributed by atoms with Gasteiger partial charge in [-0.15, -0.1) is 10.2 Å². The van der Waals surface area contributed by atoms with Gasteiger partial charge in [-0.1, -0.05) is 67.3 Å². The smallest absolute Gasteiger partial charge is 0.301 e. The standard InChI is InChI=1S/C34H32FN3O6S2/c1-4-6-18-43-25-14-9-22(10-15-25)30(39)28-29(23-11-16-26(44-17-5-2)27(19-23)42-3)38(32(41)31(28)40)33-36-37-34(46-33)45-20-21-7-12-24(35)13-8-21/h5,7-16,19,29,39H,2,4,6,17-18,20H2,1,3H3/t29-/m0/s1. The van der Waals surface area contributed by atoms with Crippen LogP contribution in [-0.2, 0) is 15.3 Å². The molecule has 1 atom stereocenters. The van der Waals surface area contributed by atoms with Gasteiger partial charge in [-0.2, -0.15) is 0 Å². The van der Waals surface area contributed by atoms with Crippen LogP contribution in [0.15, 0.2) is 89.3 Å². The van der Waals surface area contributed by atoms with Crippen molar-refractivity contribution in [2.75, 3.05) is 25.2 Å². The van der Waals surface area contributed by atoms with E-state index >= 15 is 0 Å². The highest BCUT2D eigenvalue weighted by Gasteiger charge is 2.48. The number of aliphatic hydroxyl groups is 1. The Morgan fingerprint density at radius 1 is 1.07 bits per heavy atom. The van der Waals surface area contributed by atoms with Gasteiger partial charge in [0.2, 0.25) is 5.13 Å². The monoisotopic (exact) mass is 661 g/mol. The average molecular weight is 662 g/mol. The molecule has 0 radical (unpaired) electrons. The number of benzene rings is 3. The van der Waals surface area contributed by atoms with E-state index in [4.69, 9.17) is 14.2 Å². The predicted octanol–water partition coefficient (Wildman–Crippen LogP) is 7.35. The number of halogens is 1. The van der Waals surface area contributed by atoms with Crippen LogP contribution in [0.25, 0.3) is 5.76 Å². The van der Waals surface area contributed by atoms with Crippen molar-refractivity contribution in [3.63, 3.8) is 0 Å². The Kier molecular flexibility index (Phi) is 10.7. The number of unbranched alkanes of at least 4 members (excludes halogenated alkanes) is 1. The largest absolute Gasteiger partial charge is 0.507 e. The maximum atomic E-state index is 13.7. The van der Waals surface area contributed by atoms with Crippen molar-refractivity contribution in [3.8, 4) is 17.2 Å². The van der Waals surface area contributed by atoms with E-state index in [1.807, 2.05) is 0 Å². The molecule has 0 aliphatic carbocycles. The van der Waals surface area contributed by atoms with Crippen molar-refractivity contribution in [1.82, 2.24) is 10.2 Å². The molecule has 238 valence electrons. The Hall–Kier alpha value is -4.68. The first-order valence-electron chi connectivity index (χ1n) is 14.5. The van der Waals surface area contributed by atoms with E-state index in [-0.39, 0.29) is 28.9 Å². The van der Waals surface area contributed by atoms with Crippen molar-refractivity contribution in [2.24, 2.45) is 0 Å². The normalized spacial score (nSPS) is 15.6. The van der Waals surface area contributed by atoms with Crippen LogP contribution in [0.2, 0.25) is 0 Å². The molecule has 2 heterocycles. The molecule has 1 saturated heterocycles. The second-order valence-corrected chi connectivity index (χ2v) is 12.3. The zero-order valence-electron chi connectivity index (χ0n) is 25.3. The Labute approximate surface area is 274 Å². The number of thioether (sulfide) groups is 1. The Morgan fingerprint density at radius 2 is 1.83 bits per heavy atom. The zero-order valence-corrected chi connectivity index (χ0v) is 26.9. The molecule has 1 fully saturated rings. The number of aromatic nitrogens is 2. The van der Waals surface area contributed by atoms with Crippen molar-refractivity contribution < 1.29 is 33.3 Å². The number of Topliss-reactive ketones (excluding diaryl/α,β-unsaturated/α-hetero) is 1. The van der Waals surface area contributed by atoms with Crippen molar-refractivity contribution >= 4 is 45.7 Å². The van der Waals surface area contributed by atoms with E-state index in [1.165, 1.54) is 35.9 Å². The van der Waals surface area contributed by atoms with E-state index in [0.29, 0.717) is 45.1 Å². The molecule has 0 spiro atoms. The Bertz CT molecular complexity index is 1740. The fraction of sp³-hybridized carbons (Fsp3) is 0.235. The summed E-state index contributed by atoms with van der Waals surface area (Å²) < 4.78 is 30.9. The average Bonchev–Trinajstić information content (AvgIpc) is 3.65. The molecule has 12 heteroatoms. The summed E-state index contributed by atoms with van der Waals surface area (Å²) in [6.45, 7) is 6.55. The van der Waals surface area contributed by atoms with Gasteiger partial charge in [0.25, 0.3) is 5.78 Å². The van der Waals surface area contributed by atoms with Gasteiger partial charge in [0.05, 0.1) is 25.3 Å². The number of ether oxygens (including phenoxy) is 3. The number of carbonyl (C=O) groups excluding carboxylic acids is 2. The number of carbonyl (C=O) groups is 2. The lowest BCUT2D eigenvalue weighted by Gasteiger charge is -2.23. The molecule has 0 saturated carbocycles. The van der Waals surface area contributed by atoms with Gasteiger partial charge in [0.1, 0.15) is 23.9 Å². The second-order valence-electron chi connectivity index (χ2n) is 10.2. The van der Waals surface area contributed by atoms with Crippen molar-refractivity contribution in [3.05, 3.63) is 107 Å². The van der Waals surface area contributed by atoms with Gasteiger partial charge >= 0.3 is 5.91 Å². The molecule has 1 aliphatic heterocycles. The molecule has 1 N–H and O–H groups in total. The third kappa shape index (κ3) is 7.24. The molecular weight excluding hydrogens is 630 g/mol. The molecule has 1 amide bonds. The third-order valence-corrected chi connectivity index (χ3v) is 9.20. The summed E-state index contributed by atoms with van der Waals surface area (Å²) >= 11 is 2.50. The Balaban J connectivity index is 1.53. The van der Waals surface area contributed by atoms with Gasteiger partial charge in [-0.05, 0) is 66.1 Å². The number of hydrogen-bond acceptors (Lipinski definition) is 10. The van der Waals surface area contributed by atoms with Gasteiger partial charge in [-0.3, -0.25) is 14.5 Å². The molecule has 1 aliphatic rings. The summed E-state index contributed by atoms with van der Waals surface area (Å²) in [6.07, 6.45) is 3.50. The number of rotatable bonds is 14. The van der Waals surface area contributed by atoms with Crippen LogP contribution in [0, 0.1) is 5.82 Å². The third-order valence-electron chi connectivity index (χ3n) is 7.08. The first-order valence-corrected chi connectivity index (χ1v) is 16.3. The first kappa shape index (κ1) is 32.7. The lowest BCUT2D eigenvalue weighted by molar-refractivity contribution is -0.132. The van der Waals surface area contributed by atoms with Gasteiger partial charge in [0, 0.05) is 11.3 Å². The van der Waals surface area contributed by atoms with Gasteiger partial charge in [0.15, 0.2) is 15.8 Å². The molecule has 46 heavy (non-hydrogen) atoms. The number of ketones is 1. The molecular formula is C34H32FN3O6S2. The highest BCUT2D eigenvalue weighted by atomic mass is 32.2. The SMILES string of the molecule is C=CCOc1ccc([C@H]2C(=C(O)c3ccc(OCCCC)cc3)C(=O)C(=O)N2c2nnc(SCc3ccc(F)cc3)s2)cc1OC. The maximum Gasteiger partial charge on any atom is 0.301 e. The molecule has 9 nitrogen and oxygen atoms in total. The van der Waals surface area contributed by atoms with Gasteiger partial charge < -0.3 is 19.3 Å². The van der Waals surface area contributed by atoms with E-state index in [2.05, 4.69) is 23.7 Å². The van der Waals surface area contributed by atoms with Crippen LogP contribution in [0.1, 0.15) is 42.5 Å². The van der Waals surface area contributed by atoms with Crippen molar-refractivity contribution in [2.45, 2.75) is 35.9 Å². The van der Waals surface area contributed by atoms with Crippen LogP contribution in [-0.4, -0.2) is 47.3 Å². The molecule has 5 rings (SSSR count). The summed E-state index contributed by atoms with van der Waals surface area (Å²) in [5, 5.41) is 20.2. The van der Waals surface area contributed by atoms with Gasteiger partial charge in [-0.25, -0.2) is 4.39 Å². The van der Waals surface area contributed by atoms with Crippen LogP contribution < -0.4 is 19.1 Å². The lowest BCUT2D eigenvalue weighted by atomic mass is 9.95. The van der Waals surface area contributed by atoms with E-state index in [1.54, 1.807) is 60.7 Å². The molecule has 1 aromatic heterocycles. The maximum absolute atomic E-state index is 13.7. The van der Waals surface area contributed by atoms with E-state index in [0.717, 1.165) is 29.7 Å². The zero-order chi connectivity index (χ0) is 32.6. The number of aliphatic hydroxyl groups excluding tert-OH is 1. The number of methoxy groups -OCH3 is 1. The second kappa shape index (κ2) is 15.1. The van der Waals surface area contributed by atoms with E-state index in [9.17, 15) is 19.1 Å². The highest BCUT2D eigenvalue weighted by Crippen LogP contribution is 2.45. The minimum Gasteiger partial charge on any atom is -0.507 e. The summed E-state index contributed by atoms with van der Waals surface area (Å²) in [5.41, 5.74) is 1.61. The number of amides is 1. The minimum absolute atomic E-state index is 0.109. The summed E-state index contributed by atoms with van der Waals surface area (Å²) in [5.74, 6) is -0.457. The van der Waals surface area contributed by atoms with Crippen molar-refractivity contribution in [1.29, 1.82) is 0 Å². The Morgan fingerprint density at radius 3 is 2.52 bits per heavy atom.